The molecule has 0 radical (unpaired) electrons. The Morgan fingerprint density at radius 2 is 1.45 bits per heavy atom. The molecule has 3 amide bonds. The van der Waals surface area contributed by atoms with Gasteiger partial charge in [0.25, 0.3) is 0 Å². The molecular formula is C23H20N2O4. The van der Waals surface area contributed by atoms with Crippen molar-refractivity contribution >= 4 is 29.2 Å². The molecule has 1 saturated heterocycles. The summed E-state index contributed by atoms with van der Waals surface area (Å²) < 4.78 is 0. The van der Waals surface area contributed by atoms with Gasteiger partial charge in [-0.25, -0.2) is 0 Å². The summed E-state index contributed by atoms with van der Waals surface area (Å²) in [5, 5.41) is 2.69. The zero-order valence-corrected chi connectivity index (χ0v) is 15.7. The Labute approximate surface area is 168 Å². The van der Waals surface area contributed by atoms with Gasteiger partial charge in [0.15, 0.2) is 5.78 Å². The number of likely N-dealkylation sites (tertiary alicyclic amines) is 1. The Morgan fingerprint density at radius 3 is 2.10 bits per heavy atom. The molecule has 6 nitrogen and oxygen atoms in total. The summed E-state index contributed by atoms with van der Waals surface area (Å²) in [7, 11) is 0. The van der Waals surface area contributed by atoms with E-state index < -0.39 is 5.91 Å². The lowest BCUT2D eigenvalue weighted by molar-refractivity contribution is -0.142. The van der Waals surface area contributed by atoms with Crippen LogP contribution in [0.1, 0.15) is 28.8 Å². The summed E-state index contributed by atoms with van der Waals surface area (Å²) in [6, 6.07) is 15.5. The van der Waals surface area contributed by atoms with E-state index in [0.29, 0.717) is 29.7 Å². The number of para-hydroxylation sites is 1. The lowest BCUT2D eigenvalue weighted by atomic mass is 9.85. The fraction of sp³-hybridized carbons (Fsp3) is 0.217. The number of nitrogens with zero attached hydrogens (tertiary/aromatic N) is 1. The maximum atomic E-state index is 12.8. The topological polar surface area (TPSA) is 83.6 Å². The number of amides is 3. The zero-order chi connectivity index (χ0) is 20.4. The lowest BCUT2D eigenvalue weighted by Gasteiger charge is -2.16. The standard InChI is InChI=1S/C23H20N2O4/c26-20(14-25-22(28)16-10-4-5-11-17(16)23(25)29)24-19-13-7-6-12-18(19)21(27)15-8-2-1-3-9-15/h1-9,12-13,16-17H,10-11,14H2,(H,24,26)/t16-,17+. The van der Waals surface area contributed by atoms with Crippen molar-refractivity contribution in [3.05, 3.63) is 77.9 Å². The van der Waals surface area contributed by atoms with Crippen molar-refractivity contribution in [2.75, 3.05) is 11.9 Å². The first kappa shape index (κ1) is 18.8. The molecule has 1 heterocycles. The number of hydrogen-bond acceptors (Lipinski definition) is 4. The van der Waals surface area contributed by atoms with Gasteiger partial charge in [0.05, 0.1) is 17.5 Å². The summed E-state index contributed by atoms with van der Waals surface area (Å²) in [6.45, 7) is -0.349. The highest BCUT2D eigenvalue weighted by atomic mass is 16.2. The van der Waals surface area contributed by atoms with Crippen molar-refractivity contribution in [1.82, 2.24) is 4.90 Å². The van der Waals surface area contributed by atoms with E-state index in [4.69, 9.17) is 0 Å². The van der Waals surface area contributed by atoms with Crippen LogP contribution in [0.25, 0.3) is 0 Å². The maximum absolute atomic E-state index is 12.8. The van der Waals surface area contributed by atoms with Crippen LogP contribution in [0, 0.1) is 11.8 Å². The van der Waals surface area contributed by atoms with E-state index in [1.165, 1.54) is 0 Å². The smallest absolute Gasteiger partial charge is 0.244 e. The molecule has 29 heavy (non-hydrogen) atoms. The van der Waals surface area contributed by atoms with E-state index in [1.54, 1.807) is 48.5 Å². The molecular weight excluding hydrogens is 368 g/mol. The third-order valence-corrected chi connectivity index (χ3v) is 5.38. The average Bonchev–Trinajstić information content (AvgIpc) is 2.99. The normalized spacial score (nSPS) is 20.5. The van der Waals surface area contributed by atoms with Gasteiger partial charge in [-0.05, 0) is 25.0 Å². The van der Waals surface area contributed by atoms with Gasteiger partial charge in [0.1, 0.15) is 6.54 Å². The van der Waals surface area contributed by atoms with Gasteiger partial charge in [-0.3, -0.25) is 24.1 Å². The summed E-state index contributed by atoms with van der Waals surface area (Å²) >= 11 is 0. The number of benzene rings is 2. The van der Waals surface area contributed by atoms with Gasteiger partial charge in [0, 0.05) is 11.1 Å². The van der Waals surface area contributed by atoms with E-state index in [0.717, 1.165) is 4.90 Å². The predicted octanol–water partition coefficient (Wildman–Crippen LogP) is 2.81. The number of anilines is 1. The first-order chi connectivity index (χ1) is 14.1. The fourth-order valence-electron chi connectivity index (χ4n) is 3.89. The van der Waals surface area contributed by atoms with Gasteiger partial charge in [0.2, 0.25) is 17.7 Å². The highest BCUT2D eigenvalue weighted by molar-refractivity contribution is 6.14. The first-order valence-corrected chi connectivity index (χ1v) is 9.55. The Morgan fingerprint density at radius 1 is 0.862 bits per heavy atom. The lowest BCUT2D eigenvalue weighted by Crippen LogP contribution is -2.38. The van der Waals surface area contributed by atoms with Crippen LogP contribution < -0.4 is 5.32 Å². The molecule has 1 fully saturated rings. The van der Waals surface area contributed by atoms with Gasteiger partial charge in [-0.1, -0.05) is 54.6 Å². The van der Waals surface area contributed by atoms with Crippen LogP contribution in [0.15, 0.2) is 66.7 Å². The molecule has 146 valence electrons. The summed E-state index contributed by atoms with van der Waals surface area (Å²) in [4.78, 5) is 51.5. The predicted molar refractivity (Wildman–Crippen MR) is 107 cm³/mol. The number of fused-ring (bicyclic) bond motifs is 1. The number of nitrogens with one attached hydrogen (secondary N) is 1. The largest absolute Gasteiger partial charge is 0.324 e. The number of allylic oxidation sites excluding steroid dienone is 2. The molecule has 0 saturated carbocycles. The number of ketones is 1. The molecule has 4 rings (SSSR count). The van der Waals surface area contributed by atoms with Gasteiger partial charge < -0.3 is 5.32 Å². The average molecular weight is 388 g/mol. The Bertz CT molecular complexity index is 987. The van der Waals surface area contributed by atoms with Crippen molar-refractivity contribution in [3.63, 3.8) is 0 Å². The molecule has 0 aromatic heterocycles. The molecule has 2 aliphatic rings. The number of carbonyl (C=O) groups excluding carboxylic acids is 4. The number of carbonyl (C=O) groups is 4. The number of hydrogen-bond donors (Lipinski definition) is 1. The molecule has 1 aliphatic carbocycles. The van der Waals surface area contributed by atoms with E-state index >= 15 is 0 Å². The fourth-order valence-corrected chi connectivity index (χ4v) is 3.89. The summed E-state index contributed by atoms with van der Waals surface area (Å²) in [5.41, 5.74) is 1.21. The van der Waals surface area contributed by atoms with Crippen molar-refractivity contribution < 1.29 is 19.2 Å². The maximum Gasteiger partial charge on any atom is 0.244 e. The zero-order valence-electron chi connectivity index (χ0n) is 15.7. The van der Waals surface area contributed by atoms with Gasteiger partial charge in [-0.15, -0.1) is 0 Å². The van der Waals surface area contributed by atoms with E-state index in [-0.39, 0.29) is 36.0 Å². The van der Waals surface area contributed by atoms with Crippen LogP contribution in [-0.4, -0.2) is 34.9 Å². The van der Waals surface area contributed by atoms with E-state index in [2.05, 4.69) is 5.32 Å². The van der Waals surface area contributed by atoms with Crippen LogP contribution in [0.4, 0.5) is 5.69 Å². The van der Waals surface area contributed by atoms with Gasteiger partial charge >= 0.3 is 0 Å². The third kappa shape index (κ3) is 3.61. The van der Waals surface area contributed by atoms with Crippen LogP contribution in [0.3, 0.4) is 0 Å². The van der Waals surface area contributed by atoms with Crippen LogP contribution >= 0.6 is 0 Å². The van der Waals surface area contributed by atoms with Crippen LogP contribution in [0.2, 0.25) is 0 Å². The van der Waals surface area contributed by atoms with Crippen LogP contribution in [0.5, 0.6) is 0 Å². The van der Waals surface area contributed by atoms with Crippen LogP contribution in [-0.2, 0) is 14.4 Å². The number of rotatable bonds is 5. The molecule has 0 unspecified atom stereocenters. The molecule has 0 bridgehead atoms. The van der Waals surface area contributed by atoms with E-state index in [9.17, 15) is 19.2 Å². The number of imide groups is 1. The Hall–Kier alpha value is -3.54. The van der Waals surface area contributed by atoms with E-state index in [1.807, 2.05) is 18.2 Å². The summed E-state index contributed by atoms with van der Waals surface area (Å²) in [5.74, 6) is -2.06. The molecule has 0 spiro atoms. The second kappa shape index (κ2) is 7.83. The minimum Gasteiger partial charge on any atom is -0.324 e. The highest BCUT2D eigenvalue weighted by Crippen LogP contribution is 2.34. The molecule has 1 aliphatic heterocycles. The summed E-state index contributed by atoms with van der Waals surface area (Å²) in [6.07, 6.45) is 4.87. The SMILES string of the molecule is O=C(CN1C(=O)[C@H]2CC=CC[C@H]2C1=O)Nc1ccccc1C(=O)c1ccccc1. The second-order valence-corrected chi connectivity index (χ2v) is 7.21. The minimum absolute atomic E-state index is 0.216. The Balaban J connectivity index is 1.49. The Kier molecular flexibility index (Phi) is 5.08. The molecule has 2 atom stereocenters. The van der Waals surface area contributed by atoms with Crippen molar-refractivity contribution in [1.29, 1.82) is 0 Å². The second-order valence-electron chi connectivity index (χ2n) is 7.21. The first-order valence-electron chi connectivity index (χ1n) is 9.55. The van der Waals surface area contributed by atoms with Crippen molar-refractivity contribution in [3.8, 4) is 0 Å². The quantitative estimate of drug-likeness (QED) is 0.485. The molecule has 6 heteroatoms. The monoisotopic (exact) mass is 388 g/mol. The molecule has 2 aromatic carbocycles. The minimum atomic E-state index is -0.508. The van der Waals surface area contributed by atoms with Gasteiger partial charge in [-0.2, -0.15) is 0 Å². The molecule has 2 aromatic rings. The van der Waals surface area contributed by atoms with Crippen molar-refractivity contribution in [2.45, 2.75) is 12.8 Å². The molecule has 1 N–H and O–H groups in total. The van der Waals surface area contributed by atoms with Crippen molar-refractivity contribution in [2.24, 2.45) is 11.8 Å². The third-order valence-electron chi connectivity index (χ3n) is 5.38. The highest BCUT2D eigenvalue weighted by Gasteiger charge is 2.47.